The predicted octanol–water partition coefficient (Wildman–Crippen LogP) is 7.55. The molecule has 0 spiro atoms. The van der Waals surface area contributed by atoms with Gasteiger partial charge in [0.25, 0.3) is 0 Å². The Labute approximate surface area is 246 Å². The van der Waals surface area contributed by atoms with E-state index in [1.807, 2.05) is 54.6 Å². The molecule has 214 valence electrons. The zero-order chi connectivity index (χ0) is 29.7. The first-order valence-corrected chi connectivity index (χ1v) is 14.4. The summed E-state index contributed by atoms with van der Waals surface area (Å²) in [6.07, 6.45) is 9.71. The highest BCUT2D eigenvalue weighted by molar-refractivity contribution is 5.98. The minimum Gasteiger partial charge on any atom is -0.494 e. The Balaban J connectivity index is 1.32. The lowest BCUT2D eigenvalue weighted by Crippen LogP contribution is -2.20. The van der Waals surface area contributed by atoms with Gasteiger partial charge < -0.3 is 9.84 Å². The van der Waals surface area contributed by atoms with Crippen molar-refractivity contribution in [3.8, 4) is 34.3 Å². The molecule has 1 N–H and O–H groups in total. The molecule has 1 aromatic heterocycles. The van der Waals surface area contributed by atoms with E-state index in [1.165, 1.54) is 25.7 Å². The molecule has 1 heterocycles. The second kappa shape index (κ2) is 15.2. The van der Waals surface area contributed by atoms with E-state index in [0.717, 1.165) is 41.0 Å². The van der Waals surface area contributed by atoms with Crippen LogP contribution in [-0.2, 0) is 11.2 Å². The smallest absolute Gasteiger partial charge is 0.307 e. The van der Waals surface area contributed by atoms with Crippen molar-refractivity contribution in [1.82, 2.24) is 9.97 Å². The van der Waals surface area contributed by atoms with Crippen molar-refractivity contribution in [1.29, 1.82) is 5.26 Å². The van der Waals surface area contributed by atoms with Crippen LogP contribution in [0.25, 0.3) is 22.5 Å². The number of aromatic nitrogens is 2. The number of hydrogen-bond donors (Lipinski definition) is 1. The van der Waals surface area contributed by atoms with Gasteiger partial charge in [0.15, 0.2) is 11.6 Å². The number of Topliss-reactive ketones (excluding diaryl/α,β-unsaturated/α-hetero) is 1. The summed E-state index contributed by atoms with van der Waals surface area (Å²) in [5, 5.41) is 18.7. The highest BCUT2D eigenvalue weighted by Crippen LogP contribution is 2.24. The zero-order valence-electron chi connectivity index (χ0n) is 23.8. The third-order valence-electron chi connectivity index (χ3n) is 7.17. The van der Waals surface area contributed by atoms with E-state index in [1.54, 1.807) is 36.7 Å². The molecule has 0 saturated heterocycles. The number of nitrogens with zero attached hydrogens (tertiary/aromatic N) is 3. The Morgan fingerprint density at radius 3 is 2.10 bits per heavy atom. The number of carboxylic acids is 1. The minimum absolute atomic E-state index is 0.125. The van der Waals surface area contributed by atoms with Gasteiger partial charge in [-0.15, -0.1) is 0 Å². The topological polar surface area (TPSA) is 113 Å². The predicted molar refractivity (Wildman–Crippen MR) is 162 cm³/mol. The van der Waals surface area contributed by atoms with E-state index in [0.29, 0.717) is 17.0 Å². The number of nitriles is 1. The van der Waals surface area contributed by atoms with Crippen molar-refractivity contribution in [2.75, 3.05) is 6.61 Å². The van der Waals surface area contributed by atoms with Gasteiger partial charge in [0.1, 0.15) is 5.75 Å². The average molecular weight is 562 g/mol. The number of carboxylic acid groups (broad SMARTS) is 1. The molecular weight excluding hydrogens is 526 g/mol. The summed E-state index contributed by atoms with van der Waals surface area (Å²) >= 11 is 0. The Morgan fingerprint density at radius 1 is 0.833 bits per heavy atom. The van der Waals surface area contributed by atoms with Gasteiger partial charge in [-0.1, -0.05) is 81.1 Å². The molecule has 0 unspecified atom stereocenters. The fourth-order valence-corrected chi connectivity index (χ4v) is 4.66. The highest BCUT2D eigenvalue weighted by atomic mass is 16.5. The van der Waals surface area contributed by atoms with Gasteiger partial charge in [0, 0.05) is 35.5 Å². The van der Waals surface area contributed by atoms with E-state index in [-0.39, 0.29) is 18.6 Å². The summed E-state index contributed by atoms with van der Waals surface area (Å²) in [5.41, 5.74) is 4.36. The van der Waals surface area contributed by atoms with Gasteiger partial charge in [0.05, 0.1) is 24.2 Å². The largest absolute Gasteiger partial charge is 0.494 e. The second-order valence-electron chi connectivity index (χ2n) is 10.3. The number of unbranched alkanes of at least 4 members (excludes halogenated alkanes) is 4. The second-order valence-corrected chi connectivity index (χ2v) is 10.3. The van der Waals surface area contributed by atoms with E-state index >= 15 is 0 Å². The number of carbonyl (C=O) groups is 2. The molecule has 4 aromatic rings. The summed E-state index contributed by atoms with van der Waals surface area (Å²) in [4.78, 5) is 33.6. The summed E-state index contributed by atoms with van der Waals surface area (Å²) in [6.45, 7) is 2.94. The van der Waals surface area contributed by atoms with E-state index in [4.69, 9.17) is 10.00 Å². The lowest BCUT2D eigenvalue weighted by atomic mass is 9.91. The first kappa shape index (κ1) is 30.1. The maximum Gasteiger partial charge on any atom is 0.307 e. The van der Waals surface area contributed by atoms with Crippen LogP contribution in [0.3, 0.4) is 0 Å². The van der Waals surface area contributed by atoms with Crippen LogP contribution in [0.15, 0.2) is 85.2 Å². The van der Waals surface area contributed by atoms with E-state index in [2.05, 4.69) is 16.9 Å². The van der Waals surface area contributed by atoms with Gasteiger partial charge in [-0.05, 0) is 48.2 Å². The van der Waals surface area contributed by atoms with Crippen molar-refractivity contribution < 1.29 is 19.4 Å². The fourth-order valence-electron chi connectivity index (χ4n) is 4.66. The molecule has 0 radical (unpaired) electrons. The highest BCUT2D eigenvalue weighted by Gasteiger charge is 2.22. The molecule has 4 rings (SSSR count). The molecule has 1 atom stereocenters. The molecule has 0 aliphatic heterocycles. The summed E-state index contributed by atoms with van der Waals surface area (Å²) in [7, 11) is 0. The normalized spacial score (nSPS) is 11.4. The van der Waals surface area contributed by atoms with E-state index in [9.17, 15) is 14.7 Å². The third-order valence-corrected chi connectivity index (χ3v) is 7.17. The standard InChI is InChI=1S/C35H35N3O4/c1-2-3-4-5-6-19-42-32-17-15-27(16-18-32)31-23-37-34(38-24-31)29-13-7-25(8-14-29)20-30(35(40)41)21-33(39)28-11-9-26(22-36)10-12-28/h7-18,23-24,30H,2-6,19-21H2,1H3,(H,40,41)/t30-/m1/s1. The summed E-state index contributed by atoms with van der Waals surface area (Å²) in [5.74, 6) is -0.731. The maximum atomic E-state index is 12.6. The molecule has 0 aliphatic rings. The molecule has 0 saturated carbocycles. The first-order valence-electron chi connectivity index (χ1n) is 14.4. The summed E-state index contributed by atoms with van der Waals surface area (Å²) in [6, 6.07) is 23.6. The van der Waals surface area contributed by atoms with Crippen molar-refractivity contribution in [3.63, 3.8) is 0 Å². The Morgan fingerprint density at radius 2 is 1.48 bits per heavy atom. The average Bonchev–Trinajstić information content (AvgIpc) is 3.03. The Hall–Kier alpha value is -4.83. The van der Waals surface area contributed by atoms with Gasteiger partial charge in [-0.25, -0.2) is 9.97 Å². The number of ether oxygens (including phenoxy) is 1. The van der Waals surface area contributed by atoms with Crippen LogP contribution < -0.4 is 4.74 Å². The fraction of sp³-hybridized carbons (Fsp3) is 0.286. The van der Waals surface area contributed by atoms with Crippen LogP contribution in [0, 0.1) is 17.2 Å². The monoisotopic (exact) mass is 561 g/mol. The van der Waals surface area contributed by atoms with E-state index < -0.39 is 11.9 Å². The van der Waals surface area contributed by atoms with Gasteiger partial charge in [0.2, 0.25) is 0 Å². The molecule has 0 fully saturated rings. The number of ketones is 1. The Kier molecular flexibility index (Phi) is 10.9. The van der Waals surface area contributed by atoms with Crippen LogP contribution >= 0.6 is 0 Å². The zero-order valence-corrected chi connectivity index (χ0v) is 23.8. The van der Waals surface area contributed by atoms with Gasteiger partial charge in [-0.2, -0.15) is 5.26 Å². The van der Waals surface area contributed by atoms with Gasteiger partial charge >= 0.3 is 5.97 Å². The number of aliphatic carboxylic acids is 1. The molecular formula is C35H35N3O4. The molecule has 42 heavy (non-hydrogen) atoms. The van der Waals surface area contributed by atoms with Crippen LogP contribution in [0.1, 0.15) is 66.9 Å². The SMILES string of the molecule is CCCCCCCOc1ccc(-c2cnc(-c3ccc(C[C@H](CC(=O)c4ccc(C#N)cc4)C(=O)O)cc3)nc2)cc1. The Bertz CT molecular complexity index is 1490. The van der Waals surface area contributed by atoms with Crippen molar-refractivity contribution in [2.24, 2.45) is 5.92 Å². The maximum absolute atomic E-state index is 12.6. The molecule has 0 aliphatic carbocycles. The third kappa shape index (κ3) is 8.58. The van der Waals surface area contributed by atoms with Crippen LogP contribution in [0.5, 0.6) is 5.75 Å². The lowest BCUT2D eigenvalue weighted by molar-refractivity contribution is -0.141. The molecule has 0 bridgehead atoms. The molecule has 3 aromatic carbocycles. The van der Waals surface area contributed by atoms with Crippen LogP contribution in [0.2, 0.25) is 0 Å². The number of rotatable bonds is 15. The molecule has 0 amide bonds. The molecule has 7 heteroatoms. The van der Waals surface area contributed by atoms with Crippen molar-refractivity contribution in [3.05, 3.63) is 102 Å². The number of hydrogen-bond acceptors (Lipinski definition) is 6. The van der Waals surface area contributed by atoms with Crippen LogP contribution in [0.4, 0.5) is 0 Å². The first-order chi connectivity index (χ1) is 20.5. The molecule has 7 nitrogen and oxygen atoms in total. The van der Waals surface area contributed by atoms with Gasteiger partial charge in [-0.3, -0.25) is 9.59 Å². The number of carbonyl (C=O) groups excluding carboxylic acids is 1. The lowest BCUT2D eigenvalue weighted by Gasteiger charge is -2.12. The number of benzene rings is 3. The minimum atomic E-state index is -1.03. The van der Waals surface area contributed by atoms with Crippen LogP contribution in [-0.4, -0.2) is 33.4 Å². The van der Waals surface area contributed by atoms with Crippen molar-refractivity contribution in [2.45, 2.75) is 51.9 Å². The van der Waals surface area contributed by atoms with Crippen molar-refractivity contribution >= 4 is 11.8 Å². The quantitative estimate of drug-likeness (QED) is 0.118. The summed E-state index contributed by atoms with van der Waals surface area (Å²) < 4.78 is 5.86.